The molecule has 1 saturated heterocycles. The fourth-order valence-electron chi connectivity index (χ4n) is 3.73. The Morgan fingerprint density at radius 3 is 2.17 bits per heavy atom. The molecule has 0 spiro atoms. The number of hydrogen-bond acceptors (Lipinski definition) is 4. The summed E-state index contributed by atoms with van der Waals surface area (Å²) in [6, 6.07) is 0.285. The van der Waals surface area contributed by atoms with Crippen LogP contribution in [0.2, 0.25) is 0 Å². The van der Waals surface area contributed by atoms with Gasteiger partial charge in [-0.2, -0.15) is 0 Å². The number of carbonyl (C=O) groups excluding carboxylic acids is 1. The number of allylic oxidation sites excluding steroid dienone is 2. The lowest BCUT2D eigenvalue weighted by molar-refractivity contribution is -0.139. The predicted octanol–water partition coefficient (Wildman–Crippen LogP) is 5.17. The van der Waals surface area contributed by atoms with E-state index in [0.29, 0.717) is 19.8 Å². The van der Waals surface area contributed by atoms with Crippen LogP contribution in [0.25, 0.3) is 0 Å². The highest BCUT2D eigenvalue weighted by Crippen LogP contribution is 2.23. The molecule has 0 aliphatic carbocycles. The van der Waals surface area contributed by atoms with Crippen LogP contribution in [-0.4, -0.2) is 65.8 Å². The minimum atomic E-state index is -0.398. The van der Waals surface area contributed by atoms with Crippen molar-refractivity contribution in [2.24, 2.45) is 0 Å². The van der Waals surface area contributed by atoms with Crippen molar-refractivity contribution in [2.45, 2.75) is 97.8 Å². The predicted molar refractivity (Wildman–Crippen MR) is 126 cm³/mol. The number of piperidine rings is 1. The maximum absolute atomic E-state index is 12.3. The summed E-state index contributed by atoms with van der Waals surface area (Å²) in [7, 11) is 0. The average molecular weight is 423 g/mol. The molecule has 0 radical (unpaired) electrons. The van der Waals surface area contributed by atoms with Gasteiger partial charge < -0.3 is 19.3 Å². The summed E-state index contributed by atoms with van der Waals surface area (Å²) in [6.45, 7) is 25.9. The topological polar surface area (TPSA) is 42.0 Å². The lowest BCUT2D eigenvalue weighted by Gasteiger charge is -2.40. The largest absolute Gasteiger partial charge is 0.375 e. The molecule has 0 bridgehead atoms. The molecule has 0 aromatic rings. The van der Waals surface area contributed by atoms with Gasteiger partial charge in [0.1, 0.15) is 0 Å². The molecule has 5 heteroatoms. The molecule has 1 heterocycles. The number of nitrogens with zero attached hydrogens (tertiary/aromatic N) is 2. The second kappa shape index (κ2) is 11.9. The normalized spacial score (nSPS) is 15.9. The van der Waals surface area contributed by atoms with E-state index in [0.717, 1.165) is 45.2 Å². The summed E-state index contributed by atoms with van der Waals surface area (Å²) in [4.78, 5) is 16.6. The van der Waals surface area contributed by atoms with Crippen molar-refractivity contribution < 1.29 is 14.3 Å². The van der Waals surface area contributed by atoms with Crippen LogP contribution in [0.5, 0.6) is 0 Å². The molecule has 0 saturated carbocycles. The molecule has 5 nitrogen and oxygen atoms in total. The van der Waals surface area contributed by atoms with Crippen LogP contribution in [0, 0.1) is 0 Å². The minimum Gasteiger partial charge on any atom is -0.375 e. The Morgan fingerprint density at radius 1 is 1.07 bits per heavy atom. The first-order valence-electron chi connectivity index (χ1n) is 11.5. The Kier molecular flexibility index (Phi) is 10.6. The third-order valence-corrected chi connectivity index (χ3v) is 5.95. The summed E-state index contributed by atoms with van der Waals surface area (Å²) in [5, 5.41) is 0. The second-order valence-electron chi connectivity index (χ2n) is 9.96. The molecule has 1 aliphatic heterocycles. The number of rotatable bonds is 13. The first-order valence-corrected chi connectivity index (χ1v) is 11.5. The number of amides is 1. The summed E-state index contributed by atoms with van der Waals surface area (Å²) >= 11 is 0. The van der Waals surface area contributed by atoms with Crippen molar-refractivity contribution in [3.05, 3.63) is 24.4 Å². The first-order chi connectivity index (χ1) is 13.9. The Labute approximate surface area is 185 Å². The van der Waals surface area contributed by atoms with Crippen molar-refractivity contribution in [1.29, 1.82) is 0 Å². The van der Waals surface area contributed by atoms with Gasteiger partial charge in [0, 0.05) is 38.3 Å². The average Bonchev–Trinajstić information content (AvgIpc) is 2.68. The quantitative estimate of drug-likeness (QED) is 0.384. The Bertz CT molecular complexity index is 575. The molecule has 0 aromatic carbocycles. The van der Waals surface area contributed by atoms with Crippen LogP contribution in [-0.2, 0) is 14.3 Å². The molecular weight excluding hydrogens is 376 g/mol. The second-order valence-corrected chi connectivity index (χ2v) is 9.96. The number of hydrogen-bond donors (Lipinski definition) is 0. The van der Waals surface area contributed by atoms with Gasteiger partial charge in [-0.1, -0.05) is 19.1 Å². The summed E-state index contributed by atoms with van der Waals surface area (Å²) in [6.07, 6.45) is 4.87. The number of ether oxygens (including phenoxy) is 2. The third-order valence-electron chi connectivity index (χ3n) is 5.95. The van der Waals surface area contributed by atoms with Gasteiger partial charge in [0.25, 0.3) is 0 Å². The van der Waals surface area contributed by atoms with Crippen LogP contribution < -0.4 is 0 Å². The van der Waals surface area contributed by atoms with E-state index in [1.807, 2.05) is 11.8 Å². The molecule has 0 atom stereocenters. The van der Waals surface area contributed by atoms with Gasteiger partial charge in [-0.3, -0.25) is 4.79 Å². The molecule has 174 valence electrons. The number of carbonyl (C=O) groups is 1. The molecule has 1 fully saturated rings. The zero-order chi connectivity index (χ0) is 22.9. The summed E-state index contributed by atoms with van der Waals surface area (Å²) < 4.78 is 12.3. The maximum Gasteiger partial charge on any atom is 0.219 e. The van der Waals surface area contributed by atoms with Crippen molar-refractivity contribution >= 4 is 5.91 Å². The lowest BCUT2D eigenvalue weighted by atomic mass is 9.99. The molecule has 30 heavy (non-hydrogen) atoms. The van der Waals surface area contributed by atoms with Crippen LogP contribution in [0.1, 0.15) is 80.6 Å². The molecule has 1 aliphatic rings. The fourth-order valence-corrected chi connectivity index (χ4v) is 3.73. The lowest BCUT2D eigenvalue weighted by Crippen LogP contribution is -2.48. The van der Waals surface area contributed by atoms with E-state index in [1.165, 1.54) is 11.3 Å². The summed E-state index contributed by atoms with van der Waals surface area (Å²) in [5.41, 5.74) is 1.77. The van der Waals surface area contributed by atoms with E-state index in [2.05, 4.69) is 52.7 Å². The smallest absolute Gasteiger partial charge is 0.219 e. The summed E-state index contributed by atoms with van der Waals surface area (Å²) in [5.74, 6) is 0.126. The van der Waals surface area contributed by atoms with E-state index in [9.17, 15) is 4.79 Å². The van der Waals surface area contributed by atoms with E-state index in [4.69, 9.17) is 9.47 Å². The zero-order valence-corrected chi connectivity index (χ0v) is 20.7. The van der Waals surface area contributed by atoms with Crippen LogP contribution in [0.4, 0.5) is 0 Å². The zero-order valence-electron chi connectivity index (χ0n) is 20.7. The van der Waals surface area contributed by atoms with Crippen LogP contribution >= 0.6 is 0 Å². The van der Waals surface area contributed by atoms with Gasteiger partial charge in [0.2, 0.25) is 5.91 Å². The van der Waals surface area contributed by atoms with Gasteiger partial charge in [-0.05, 0) is 66.7 Å². The SMILES string of the molecule is C=C(C)CCC(C)(C)OCC(C)(C)OCCN(C(C)=O)C1CCN(C(=C)CC)CC1. The Balaban J connectivity index is 2.47. The van der Waals surface area contributed by atoms with Gasteiger partial charge in [-0.15, -0.1) is 6.58 Å². The van der Waals surface area contributed by atoms with E-state index >= 15 is 0 Å². The van der Waals surface area contributed by atoms with Gasteiger partial charge in [0.15, 0.2) is 0 Å². The molecule has 0 aromatic heterocycles. The molecular formula is C25H46N2O3. The monoisotopic (exact) mass is 422 g/mol. The number of likely N-dealkylation sites (tertiary alicyclic amines) is 1. The van der Waals surface area contributed by atoms with E-state index < -0.39 is 5.60 Å². The Hall–Kier alpha value is -1.33. The molecule has 1 rings (SSSR count). The first kappa shape index (κ1) is 26.7. The Morgan fingerprint density at radius 2 is 1.67 bits per heavy atom. The van der Waals surface area contributed by atoms with E-state index in [-0.39, 0.29) is 17.6 Å². The highest BCUT2D eigenvalue weighted by Gasteiger charge is 2.28. The fraction of sp³-hybridized carbons (Fsp3) is 0.800. The molecule has 0 unspecified atom stereocenters. The van der Waals surface area contributed by atoms with Gasteiger partial charge in [0.05, 0.1) is 24.4 Å². The van der Waals surface area contributed by atoms with Crippen molar-refractivity contribution in [3.8, 4) is 0 Å². The third kappa shape index (κ3) is 9.65. The van der Waals surface area contributed by atoms with E-state index in [1.54, 1.807) is 6.92 Å². The van der Waals surface area contributed by atoms with Crippen LogP contribution in [0.3, 0.4) is 0 Å². The van der Waals surface area contributed by atoms with Crippen molar-refractivity contribution in [1.82, 2.24) is 9.80 Å². The highest BCUT2D eigenvalue weighted by atomic mass is 16.6. The highest BCUT2D eigenvalue weighted by molar-refractivity contribution is 5.73. The van der Waals surface area contributed by atoms with Crippen LogP contribution in [0.15, 0.2) is 24.4 Å². The van der Waals surface area contributed by atoms with Crippen molar-refractivity contribution in [2.75, 3.05) is 32.8 Å². The van der Waals surface area contributed by atoms with Crippen molar-refractivity contribution in [3.63, 3.8) is 0 Å². The molecule has 1 amide bonds. The molecule has 0 N–H and O–H groups in total. The maximum atomic E-state index is 12.3. The standard InChI is InChI=1S/C25H46N2O3/c1-10-21(4)26-15-12-23(13-16-26)27(22(5)28)17-18-29-25(8,9)19-30-24(6,7)14-11-20(2)3/h23H,2,4,10-19H2,1,3,5-9H3. The van der Waals surface area contributed by atoms with Gasteiger partial charge in [-0.25, -0.2) is 0 Å². The van der Waals surface area contributed by atoms with Gasteiger partial charge >= 0.3 is 0 Å². The minimum absolute atomic E-state index is 0.126.